The summed E-state index contributed by atoms with van der Waals surface area (Å²) in [6, 6.07) is 3.86. The number of ether oxygens (including phenoxy) is 1. The van der Waals surface area contributed by atoms with Gasteiger partial charge in [0.2, 0.25) is 0 Å². The summed E-state index contributed by atoms with van der Waals surface area (Å²) in [6.45, 7) is 3.04. The Morgan fingerprint density at radius 2 is 2.06 bits per heavy atom. The molecule has 2 rings (SSSR count). The molecular weight excluding hydrogens is 257 g/mol. The van der Waals surface area contributed by atoms with Crippen molar-refractivity contribution in [2.24, 2.45) is 0 Å². The van der Waals surface area contributed by atoms with Crippen molar-refractivity contribution in [3.63, 3.8) is 0 Å². The summed E-state index contributed by atoms with van der Waals surface area (Å²) in [6.07, 6.45) is 3.04. The zero-order valence-corrected chi connectivity index (χ0v) is 11.7. The molecule has 1 saturated heterocycles. The van der Waals surface area contributed by atoms with Gasteiger partial charge >= 0.3 is 0 Å². The molecule has 1 aliphatic heterocycles. The van der Waals surface area contributed by atoms with Crippen LogP contribution in [0.3, 0.4) is 0 Å². The molecule has 1 aliphatic rings. The first-order valence-corrected chi connectivity index (χ1v) is 7.09. The summed E-state index contributed by atoms with van der Waals surface area (Å²) in [5, 5.41) is 9.10. The van der Waals surface area contributed by atoms with Gasteiger partial charge in [-0.2, -0.15) is 22.3 Å². The predicted octanol–water partition coefficient (Wildman–Crippen LogP) is 3.31. The third-order valence-electron chi connectivity index (χ3n) is 2.88. The van der Waals surface area contributed by atoms with E-state index in [1.54, 1.807) is 6.26 Å². The van der Waals surface area contributed by atoms with E-state index >= 15 is 0 Å². The number of thiol groups is 1. The minimum atomic E-state index is -0.517. The zero-order chi connectivity index (χ0) is 12.9. The van der Waals surface area contributed by atoms with Gasteiger partial charge in [-0.05, 0) is 37.7 Å². The summed E-state index contributed by atoms with van der Waals surface area (Å²) >= 11 is 4.63. The largest absolute Gasteiger partial charge is 0.381 e. The van der Waals surface area contributed by atoms with Gasteiger partial charge in [0, 0.05) is 18.1 Å². The molecule has 94 valence electrons. The van der Waals surface area contributed by atoms with Gasteiger partial charge in [-0.1, -0.05) is 0 Å². The normalized spacial score (nSPS) is 17.8. The van der Waals surface area contributed by atoms with Crippen molar-refractivity contribution in [2.75, 3.05) is 19.5 Å². The fourth-order valence-corrected chi connectivity index (χ4v) is 3.12. The van der Waals surface area contributed by atoms with E-state index in [0.717, 1.165) is 21.8 Å². The molecule has 0 bridgehead atoms. The molecule has 0 saturated carbocycles. The van der Waals surface area contributed by atoms with Crippen molar-refractivity contribution in [3.05, 3.63) is 21.6 Å². The molecule has 1 fully saturated rings. The number of nitrogens with zero attached hydrogens (tertiary/aromatic N) is 1. The Morgan fingerprint density at radius 1 is 1.47 bits per heavy atom. The summed E-state index contributed by atoms with van der Waals surface area (Å²) in [4.78, 5) is 0.880. The Balaban J connectivity index is 0.000000686. The van der Waals surface area contributed by atoms with Crippen LogP contribution in [0.4, 0.5) is 4.39 Å². The SMILES string of the molecule is CS.Cc1cc(F)sc1C1(C#N)CCOCC1. The fraction of sp³-hybridized carbons (Fsp3) is 0.583. The molecule has 0 spiro atoms. The van der Waals surface area contributed by atoms with Crippen LogP contribution in [0.5, 0.6) is 0 Å². The quantitative estimate of drug-likeness (QED) is 0.796. The first-order chi connectivity index (χ1) is 8.18. The van der Waals surface area contributed by atoms with E-state index in [0.29, 0.717) is 26.1 Å². The summed E-state index contributed by atoms with van der Waals surface area (Å²) in [7, 11) is 0. The van der Waals surface area contributed by atoms with Crippen molar-refractivity contribution in [1.29, 1.82) is 5.26 Å². The Hall–Kier alpha value is -0.570. The van der Waals surface area contributed by atoms with Gasteiger partial charge < -0.3 is 4.74 Å². The minimum absolute atomic E-state index is 0.205. The molecule has 0 aromatic carbocycles. The van der Waals surface area contributed by atoms with Crippen LogP contribution in [0, 0.1) is 23.4 Å². The average Bonchev–Trinajstić information content (AvgIpc) is 2.72. The van der Waals surface area contributed by atoms with Gasteiger partial charge in [0.1, 0.15) is 0 Å². The van der Waals surface area contributed by atoms with E-state index in [2.05, 4.69) is 18.7 Å². The van der Waals surface area contributed by atoms with Crippen molar-refractivity contribution in [2.45, 2.75) is 25.2 Å². The number of hydrogen-bond acceptors (Lipinski definition) is 4. The molecule has 1 aromatic heterocycles. The number of rotatable bonds is 1. The first kappa shape index (κ1) is 14.5. The smallest absolute Gasteiger partial charge is 0.176 e. The molecule has 0 unspecified atom stereocenters. The number of hydrogen-bond donors (Lipinski definition) is 1. The van der Waals surface area contributed by atoms with Crippen LogP contribution in [0.2, 0.25) is 0 Å². The highest BCUT2D eigenvalue weighted by atomic mass is 32.1. The van der Waals surface area contributed by atoms with E-state index in [1.807, 2.05) is 6.92 Å². The number of halogens is 1. The molecule has 17 heavy (non-hydrogen) atoms. The maximum absolute atomic E-state index is 13.1. The van der Waals surface area contributed by atoms with Crippen molar-refractivity contribution in [1.82, 2.24) is 0 Å². The van der Waals surface area contributed by atoms with Gasteiger partial charge in [0.05, 0.1) is 11.5 Å². The highest BCUT2D eigenvalue weighted by Crippen LogP contribution is 2.40. The average molecular weight is 273 g/mol. The lowest BCUT2D eigenvalue weighted by atomic mass is 9.79. The minimum Gasteiger partial charge on any atom is -0.381 e. The second kappa shape index (κ2) is 6.39. The molecule has 5 heteroatoms. The third kappa shape index (κ3) is 3.01. The van der Waals surface area contributed by atoms with Crippen LogP contribution in [-0.4, -0.2) is 19.5 Å². The second-order valence-electron chi connectivity index (χ2n) is 3.87. The Labute approximate surface area is 111 Å². The molecule has 0 atom stereocenters. The Morgan fingerprint density at radius 3 is 2.47 bits per heavy atom. The van der Waals surface area contributed by atoms with Gasteiger partial charge in [-0.3, -0.25) is 0 Å². The Bertz CT molecular complexity index is 405. The van der Waals surface area contributed by atoms with Gasteiger partial charge in [-0.15, -0.1) is 11.3 Å². The highest BCUT2D eigenvalue weighted by molar-refractivity contribution is 7.79. The van der Waals surface area contributed by atoms with E-state index in [4.69, 9.17) is 4.74 Å². The van der Waals surface area contributed by atoms with Crippen molar-refractivity contribution < 1.29 is 9.13 Å². The highest BCUT2D eigenvalue weighted by Gasteiger charge is 2.37. The lowest BCUT2D eigenvalue weighted by Gasteiger charge is -2.30. The monoisotopic (exact) mass is 273 g/mol. The van der Waals surface area contributed by atoms with Gasteiger partial charge in [0.25, 0.3) is 0 Å². The first-order valence-electron chi connectivity index (χ1n) is 5.38. The van der Waals surface area contributed by atoms with Crippen molar-refractivity contribution >= 4 is 24.0 Å². The van der Waals surface area contributed by atoms with E-state index in [-0.39, 0.29) is 5.13 Å². The molecule has 0 radical (unpaired) electrons. The zero-order valence-electron chi connectivity index (χ0n) is 9.99. The van der Waals surface area contributed by atoms with E-state index < -0.39 is 5.41 Å². The van der Waals surface area contributed by atoms with Crippen LogP contribution in [0.15, 0.2) is 6.07 Å². The Kier molecular flexibility index (Phi) is 5.44. The van der Waals surface area contributed by atoms with Crippen LogP contribution < -0.4 is 0 Å². The van der Waals surface area contributed by atoms with Crippen LogP contribution in [0.25, 0.3) is 0 Å². The molecule has 1 aromatic rings. The van der Waals surface area contributed by atoms with Gasteiger partial charge in [-0.25, -0.2) is 0 Å². The number of nitriles is 1. The predicted molar refractivity (Wildman–Crippen MR) is 71.3 cm³/mol. The second-order valence-corrected chi connectivity index (χ2v) is 4.87. The molecule has 2 heterocycles. The third-order valence-corrected chi connectivity index (χ3v) is 4.11. The number of thiophene rings is 1. The molecule has 0 aliphatic carbocycles. The van der Waals surface area contributed by atoms with E-state index in [9.17, 15) is 9.65 Å². The topological polar surface area (TPSA) is 33.0 Å². The molecular formula is C12H16FNOS2. The van der Waals surface area contributed by atoms with Gasteiger partial charge in [0.15, 0.2) is 5.13 Å². The lowest BCUT2D eigenvalue weighted by Crippen LogP contribution is -2.32. The summed E-state index contributed by atoms with van der Waals surface area (Å²) in [5.74, 6) is 0. The summed E-state index contributed by atoms with van der Waals surface area (Å²) < 4.78 is 18.4. The van der Waals surface area contributed by atoms with Crippen LogP contribution >= 0.6 is 24.0 Å². The van der Waals surface area contributed by atoms with E-state index in [1.165, 1.54) is 6.07 Å². The lowest BCUT2D eigenvalue weighted by molar-refractivity contribution is 0.0683. The fourth-order valence-electron chi connectivity index (χ4n) is 2.03. The molecule has 0 amide bonds. The standard InChI is InChI=1S/C11H12FNOS.CH4S/c1-8-6-9(12)15-10(8)11(7-13)2-4-14-5-3-11;1-2/h6H,2-5H2,1H3;2H,1H3. The maximum Gasteiger partial charge on any atom is 0.176 e. The number of aryl methyl sites for hydroxylation is 1. The molecule has 2 nitrogen and oxygen atoms in total. The van der Waals surface area contributed by atoms with Crippen LogP contribution in [0.1, 0.15) is 23.3 Å². The van der Waals surface area contributed by atoms with Crippen LogP contribution in [-0.2, 0) is 10.2 Å². The summed E-state index contributed by atoms with van der Waals surface area (Å²) in [5.41, 5.74) is 0.373. The molecule has 0 N–H and O–H groups in total. The maximum atomic E-state index is 13.1. The van der Waals surface area contributed by atoms with Crippen molar-refractivity contribution in [3.8, 4) is 6.07 Å².